The van der Waals surface area contributed by atoms with Crippen LogP contribution < -0.4 is 10.6 Å². The molecule has 34 heavy (non-hydrogen) atoms. The lowest BCUT2D eigenvalue weighted by Gasteiger charge is -2.43. The first-order chi connectivity index (χ1) is 16.4. The van der Waals surface area contributed by atoms with Crippen molar-refractivity contribution in [2.75, 3.05) is 11.9 Å². The van der Waals surface area contributed by atoms with Gasteiger partial charge in [0.05, 0.1) is 6.54 Å². The Morgan fingerprint density at radius 2 is 1.94 bits per heavy atom. The summed E-state index contributed by atoms with van der Waals surface area (Å²) in [5.41, 5.74) is 1.26. The third-order valence-electron chi connectivity index (χ3n) is 7.04. The number of carbonyl (C=O) groups is 3. The molecule has 1 atom stereocenters. The van der Waals surface area contributed by atoms with Crippen molar-refractivity contribution in [1.29, 1.82) is 0 Å². The van der Waals surface area contributed by atoms with Crippen LogP contribution in [-0.2, 0) is 17.8 Å². The summed E-state index contributed by atoms with van der Waals surface area (Å²) in [7, 11) is 0. The number of unbranched alkanes of at least 4 members (excludes halogenated alkanes) is 1. The van der Waals surface area contributed by atoms with Crippen molar-refractivity contribution < 1.29 is 14.4 Å². The van der Waals surface area contributed by atoms with Gasteiger partial charge in [-0.1, -0.05) is 45.2 Å². The first kappa shape index (κ1) is 24.0. The summed E-state index contributed by atoms with van der Waals surface area (Å²) in [6, 6.07) is 9.36. The zero-order chi connectivity index (χ0) is 24.3. The van der Waals surface area contributed by atoms with Crippen molar-refractivity contribution in [2.24, 2.45) is 0 Å². The maximum Gasteiger partial charge on any atom is 0.276 e. The van der Waals surface area contributed by atoms with Gasteiger partial charge in [-0.25, -0.2) is 0 Å². The predicted octanol–water partition coefficient (Wildman–Crippen LogP) is 3.77. The highest BCUT2D eigenvalue weighted by Crippen LogP contribution is 2.29. The molecule has 2 aliphatic rings. The fourth-order valence-electron chi connectivity index (χ4n) is 4.89. The minimum atomic E-state index is -1.06. The molecule has 1 aliphatic carbocycles. The number of aromatic nitrogens is 2. The molecular weight excluding hydrogens is 430 g/mol. The second kappa shape index (κ2) is 9.99. The van der Waals surface area contributed by atoms with Gasteiger partial charge in [0.15, 0.2) is 5.69 Å². The molecule has 1 aliphatic heterocycles. The first-order valence-corrected chi connectivity index (χ1v) is 12.5. The van der Waals surface area contributed by atoms with Crippen LogP contribution in [0.1, 0.15) is 85.8 Å². The Morgan fingerprint density at radius 3 is 2.65 bits per heavy atom. The second-order valence-electron chi connectivity index (χ2n) is 9.62. The highest BCUT2D eigenvalue weighted by atomic mass is 16.2. The Morgan fingerprint density at radius 1 is 1.18 bits per heavy atom. The van der Waals surface area contributed by atoms with E-state index in [1.807, 2.05) is 31.2 Å². The monoisotopic (exact) mass is 465 g/mol. The topological polar surface area (TPSA) is 96.3 Å². The molecule has 0 saturated heterocycles. The number of hydrogen-bond donors (Lipinski definition) is 2. The maximum atomic E-state index is 13.5. The smallest absolute Gasteiger partial charge is 0.276 e. The van der Waals surface area contributed by atoms with E-state index in [1.165, 1.54) is 10.7 Å². The Balaban J connectivity index is 1.59. The predicted molar refractivity (Wildman–Crippen MR) is 131 cm³/mol. The van der Waals surface area contributed by atoms with Crippen LogP contribution in [0.3, 0.4) is 0 Å². The van der Waals surface area contributed by atoms with Gasteiger partial charge < -0.3 is 15.5 Å². The zero-order valence-electron chi connectivity index (χ0n) is 20.4. The lowest BCUT2D eigenvalue weighted by molar-refractivity contribution is -0.133. The summed E-state index contributed by atoms with van der Waals surface area (Å²) in [4.78, 5) is 41.5. The van der Waals surface area contributed by atoms with Crippen LogP contribution in [0, 0.1) is 0 Å². The third kappa shape index (κ3) is 4.72. The SMILES string of the molecule is CCCCN1C(=O)c2cc(C(=O)Nc3cccc(CC)c3)nn2C[C@@]1(C)C(=O)NC1CCCC1. The number of nitrogens with one attached hydrogen (secondary N) is 2. The molecule has 2 heterocycles. The molecule has 1 saturated carbocycles. The van der Waals surface area contributed by atoms with Gasteiger partial charge in [0.2, 0.25) is 5.91 Å². The first-order valence-electron chi connectivity index (χ1n) is 12.5. The Labute approximate surface area is 201 Å². The van der Waals surface area contributed by atoms with E-state index in [0.717, 1.165) is 50.5 Å². The summed E-state index contributed by atoms with van der Waals surface area (Å²) in [6.07, 6.45) is 6.75. The maximum absolute atomic E-state index is 13.5. The molecule has 0 unspecified atom stereocenters. The molecule has 2 aromatic rings. The van der Waals surface area contributed by atoms with Gasteiger partial charge in [-0.15, -0.1) is 0 Å². The van der Waals surface area contributed by atoms with Crippen LogP contribution >= 0.6 is 0 Å². The van der Waals surface area contributed by atoms with Gasteiger partial charge in [-0.3, -0.25) is 19.1 Å². The summed E-state index contributed by atoms with van der Waals surface area (Å²) < 4.78 is 1.52. The van der Waals surface area contributed by atoms with Crippen LogP contribution in [-0.4, -0.2) is 50.5 Å². The summed E-state index contributed by atoms with van der Waals surface area (Å²) in [6.45, 7) is 6.63. The highest BCUT2D eigenvalue weighted by Gasteiger charge is 2.48. The Bertz CT molecular complexity index is 1070. The minimum Gasteiger partial charge on any atom is -0.351 e. The molecule has 1 aromatic heterocycles. The van der Waals surface area contributed by atoms with E-state index in [0.29, 0.717) is 17.9 Å². The zero-order valence-corrected chi connectivity index (χ0v) is 20.4. The standard InChI is InChI=1S/C26H35N5O3/c1-4-6-14-30-24(33)22-16-21(23(32)27-20-13-9-10-18(5-2)15-20)29-31(22)17-26(30,3)25(34)28-19-11-7-8-12-19/h9-10,13,15-16,19H,4-8,11-12,14,17H2,1-3H3,(H,27,32)(H,28,34)/t26-/m0/s1. The molecular formula is C26H35N5O3. The van der Waals surface area contributed by atoms with Gasteiger partial charge >= 0.3 is 0 Å². The van der Waals surface area contributed by atoms with E-state index < -0.39 is 5.54 Å². The quantitative estimate of drug-likeness (QED) is 0.620. The highest BCUT2D eigenvalue weighted by molar-refractivity contribution is 6.06. The van der Waals surface area contributed by atoms with Crippen molar-refractivity contribution in [3.05, 3.63) is 47.3 Å². The van der Waals surface area contributed by atoms with Crippen molar-refractivity contribution >= 4 is 23.4 Å². The number of amides is 3. The fourth-order valence-corrected chi connectivity index (χ4v) is 4.89. The van der Waals surface area contributed by atoms with Crippen molar-refractivity contribution in [1.82, 2.24) is 20.0 Å². The third-order valence-corrected chi connectivity index (χ3v) is 7.04. The summed E-state index contributed by atoms with van der Waals surface area (Å²) in [5, 5.41) is 10.5. The molecule has 8 heteroatoms. The number of nitrogens with zero attached hydrogens (tertiary/aromatic N) is 3. The molecule has 0 radical (unpaired) electrons. The number of carbonyl (C=O) groups excluding carboxylic acids is 3. The number of rotatable bonds is 8. The van der Waals surface area contributed by atoms with Gasteiger partial charge in [0.25, 0.3) is 11.8 Å². The van der Waals surface area contributed by atoms with E-state index in [-0.39, 0.29) is 36.0 Å². The van der Waals surface area contributed by atoms with Crippen LogP contribution in [0.2, 0.25) is 0 Å². The van der Waals surface area contributed by atoms with Gasteiger partial charge in [-0.05, 0) is 50.3 Å². The van der Waals surface area contributed by atoms with E-state index in [9.17, 15) is 14.4 Å². The average Bonchev–Trinajstić information content (AvgIpc) is 3.49. The second-order valence-corrected chi connectivity index (χ2v) is 9.62. The van der Waals surface area contributed by atoms with Crippen LogP contribution in [0.25, 0.3) is 0 Å². The molecule has 8 nitrogen and oxygen atoms in total. The minimum absolute atomic E-state index is 0.146. The number of anilines is 1. The molecule has 0 spiro atoms. The van der Waals surface area contributed by atoms with Crippen LogP contribution in [0.4, 0.5) is 5.69 Å². The summed E-state index contributed by atoms with van der Waals surface area (Å²) in [5.74, 6) is -0.782. The van der Waals surface area contributed by atoms with Crippen LogP contribution in [0.5, 0.6) is 0 Å². The van der Waals surface area contributed by atoms with Crippen molar-refractivity contribution in [3.8, 4) is 0 Å². The Kier molecular flexibility index (Phi) is 7.05. The number of hydrogen-bond acceptors (Lipinski definition) is 4. The largest absolute Gasteiger partial charge is 0.351 e. The van der Waals surface area contributed by atoms with Gasteiger partial charge in [0.1, 0.15) is 11.2 Å². The van der Waals surface area contributed by atoms with E-state index >= 15 is 0 Å². The molecule has 2 N–H and O–H groups in total. The van der Waals surface area contributed by atoms with Gasteiger partial charge in [0, 0.05) is 24.3 Å². The van der Waals surface area contributed by atoms with Crippen molar-refractivity contribution in [2.45, 2.75) is 83.8 Å². The lowest BCUT2D eigenvalue weighted by Crippen LogP contribution is -2.65. The number of fused-ring (bicyclic) bond motifs is 1. The lowest BCUT2D eigenvalue weighted by atomic mass is 9.94. The Hall–Kier alpha value is -3.16. The van der Waals surface area contributed by atoms with Gasteiger partial charge in [-0.2, -0.15) is 5.10 Å². The molecule has 4 rings (SSSR count). The van der Waals surface area contributed by atoms with E-state index in [1.54, 1.807) is 4.90 Å². The normalized spacial score (nSPS) is 20.3. The molecule has 0 bridgehead atoms. The average molecular weight is 466 g/mol. The fraction of sp³-hybridized carbons (Fsp3) is 0.538. The molecule has 1 fully saturated rings. The molecule has 182 valence electrons. The van der Waals surface area contributed by atoms with E-state index in [4.69, 9.17) is 0 Å². The molecule has 3 amide bonds. The summed E-state index contributed by atoms with van der Waals surface area (Å²) >= 11 is 0. The molecule has 1 aromatic carbocycles. The van der Waals surface area contributed by atoms with E-state index in [2.05, 4.69) is 29.6 Å². The van der Waals surface area contributed by atoms with Crippen molar-refractivity contribution in [3.63, 3.8) is 0 Å². The number of aryl methyl sites for hydroxylation is 1. The van der Waals surface area contributed by atoms with Crippen LogP contribution in [0.15, 0.2) is 30.3 Å². The number of benzene rings is 1.